The third kappa shape index (κ3) is 3.80. The van der Waals surface area contributed by atoms with E-state index >= 15 is 0 Å². The van der Waals surface area contributed by atoms with Crippen LogP contribution in [0.25, 0.3) is 0 Å². The van der Waals surface area contributed by atoms with E-state index in [0.717, 1.165) is 21.9 Å². The molecule has 0 aliphatic heterocycles. The summed E-state index contributed by atoms with van der Waals surface area (Å²) in [7, 11) is 0. The maximum Gasteiger partial charge on any atom is 0.0914 e. The highest BCUT2D eigenvalue weighted by Gasteiger charge is 2.31. The van der Waals surface area contributed by atoms with Crippen molar-refractivity contribution in [3.63, 3.8) is 0 Å². The minimum Gasteiger partial charge on any atom is -0.387 e. The molecule has 0 spiro atoms. The fourth-order valence-corrected chi connectivity index (χ4v) is 3.62. The molecule has 0 amide bonds. The first-order chi connectivity index (χ1) is 9.11. The highest BCUT2D eigenvalue weighted by atomic mass is 79.9. The van der Waals surface area contributed by atoms with Crippen LogP contribution in [0.5, 0.6) is 0 Å². The van der Waals surface area contributed by atoms with Gasteiger partial charge in [-0.3, -0.25) is 0 Å². The van der Waals surface area contributed by atoms with E-state index in [0.29, 0.717) is 12.6 Å². The van der Waals surface area contributed by atoms with Crippen molar-refractivity contribution in [1.82, 2.24) is 5.32 Å². The predicted octanol–water partition coefficient (Wildman–Crippen LogP) is 3.90. The van der Waals surface area contributed by atoms with Crippen LogP contribution < -0.4 is 5.32 Å². The third-order valence-corrected chi connectivity index (χ3v) is 5.05. The lowest BCUT2D eigenvalue weighted by Gasteiger charge is -2.22. The lowest BCUT2D eigenvalue weighted by molar-refractivity contribution is 0.165. The Bertz CT molecular complexity index is 409. The summed E-state index contributed by atoms with van der Waals surface area (Å²) in [5.41, 5.74) is 0.972. The Kier molecular flexibility index (Phi) is 5.43. The Balaban J connectivity index is 1.86. The predicted molar refractivity (Wildman–Crippen MR) is 83.1 cm³/mol. The highest BCUT2D eigenvalue weighted by molar-refractivity contribution is 9.10. The zero-order valence-electron chi connectivity index (χ0n) is 11.8. The molecule has 106 valence electrons. The maximum absolute atomic E-state index is 10.2. The molecular weight excluding hydrogens is 302 g/mol. The molecule has 0 aromatic heterocycles. The largest absolute Gasteiger partial charge is 0.387 e. The topological polar surface area (TPSA) is 32.3 Å². The molecule has 1 saturated carbocycles. The van der Waals surface area contributed by atoms with Crippen molar-refractivity contribution in [2.75, 3.05) is 6.54 Å². The van der Waals surface area contributed by atoms with Crippen molar-refractivity contribution in [3.05, 3.63) is 34.3 Å². The molecule has 1 aromatic carbocycles. The van der Waals surface area contributed by atoms with Gasteiger partial charge in [0.1, 0.15) is 0 Å². The third-order valence-electron chi connectivity index (χ3n) is 4.56. The zero-order chi connectivity index (χ0) is 13.8. The quantitative estimate of drug-likeness (QED) is 0.860. The van der Waals surface area contributed by atoms with Crippen molar-refractivity contribution in [1.29, 1.82) is 0 Å². The fourth-order valence-electron chi connectivity index (χ4n) is 3.21. The summed E-state index contributed by atoms with van der Waals surface area (Å²) in [6.45, 7) is 5.26. The number of aliphatic hydroxyl groups excluding tert-OH is 1. The number of hydrogen-bond donors (Lipinski definition) is 2. The van der Waals surface area contributed by atoms with Crippen LogP contribution >= 0.6 is 15.9 Å². The number of benzene rings is 1. The van der Waals surface area contributed by atoms with E-state index in [2.05, 4.69) is 35.1 Å². The van der Waals surface area contributed by atoms with Crippen LogP contribution in [0.4, 0.5) is 0 Å². The van der Waals surface area contributed by atoms with E-state index in [-0.39, 0.29) is 0 Å². The Morgan fingerprint density at radius 2 is 2.21 bits per heavy atom. The molecule has 19 heavy (non-hydrogen) atoms. The molecule has 1 aromatic rings. The number of rotatable bonds is 5. The first-order valence-corrected chi connectivity index (χ1v) is 8.08. The summed E-state index contributed by atoms with van der Waals surface area (Å²) in [6.07, 6.45) is 3.41. The second kappa shape index (κ2) is 6.87. The van der Waals surface area contributed by atoms with Gasteiger partial charge in [-0.2, -0.15) is 0 Å². The van der Waals surface area contributed by atoms with E-state index in [1.807, 2.05) is 24.3 Å². The van der Waals surface area contributed by atoms with Gasteiger partial charge in [0.25, 0.3) is 0 Å². The molecule has 1 fully saturated rings. The average Bonchev–Trinajstić information content (AvgIpc) is 2.76. The Labute approximate surface area is 124 Å². The lowest BCUT2D eigenvalue weighted by atomic mass is 9.93. The van der Waals surface area contributed by atoms with Crippen molar-refractivity contribution in [2.45, 2.75) is 45.3 Å². The molecule has 3 heteroatoms. The average molecular weight is 326 g/mol. The second-order valence-corrected chi connectivity index (χ2v) is 6.61. The molecule has 2 nitrogen and oxygen atoms in total. The van der Waals surface area contributed by atoms with E-state index < -0.39 is 6.10 Å². The monoisotopic (exact) mass is 325 g/mol. The standard InChI is InChI=1S/C16H24BrNO/c1-3-12-7-8-15(11(12)2)18-10-16(19)13-5-4-6-14(17)9-13/h4-6,9,11-12,15-16,18-19H,3,7-8,10H2,1-2H3. The van der Waals surface area contributed by atoms with E-state index in [4.69, 9.17) is 0 Å². The minimum atomic E-state index is -0.426. The van der Waals surface area contributed by atoms with Crippen molar-refractivity contribution in [2.24, 2.45) is 11.8 Å². The molecule has 1 aliphatic carbocycles. The number of halogens is 1. The van der Waals surface area contributed by atoms with Crippen LogP contribution in [0.15, 0.2) is 28.7 Å². The van der Waals surface area contributed by atoms with Gasteiger partial charge in [-0.05, 0) is 42.4 Å². The van der Waals surface area contributed by atoms with Gasteiger partial charge in [-0.15, -0.1) is 0 Å². The molecule has 2 rings (SSSR count). The summed E-state index contributed by atoms with van der Waals surface area (Å²) < 4.78 is 1.02. The molecule has 0 radical (unpaired) electrons. The Hall–Kier alpha value is -0.380. The van der Waals surface area contributed by atoms with Gasteiger partial charge in [0.15, 0.2) is 0 Å². The van der Waals surface area contributed by atoms with E-state index in [1.165, 1.54) is 19.3 Å². The minimum absolute atomic E-state index is 0.426. The van der Waals surface area contributed by atoms with Gasteiger partial charge in [0.2, 0.25) is 0 Å². The molecular formula is C16H24BrNO. The summed E-state index contributed by atoms with van der Waals surface area (Å²) in [6, 6.07) is 8.47. The maximum atomic E-state index is 10.2. The van der Waals surface area contributed by atoms with Gasteiger partial charge >= 0.3 is 0 Å². The molecule has 0 heterocycles. The summed E-state index contributed by atoms with van der Waals surface area (Å²) >= 11 is 3.44. The molecule has 0 saturated heterocycles. The van der Waals surface area contributed by atoms with Gasteiger partial charge in [-0.25, -0.2) is 0 Å². The van der Waals surface area contributed by atoms with Crippen LogP contribution in [0.1, 0.15) is 44.8 Å². The van der Waals surface area contributed by atoms with Crippen molar-refractivity contribution < 1.29 is 5.11 Å². The van der Waals surface area contributed by atoms with Crippen LogP contribution in [0.3, 0.4) is 0 Å². The van der Waals surface area contributed by atoms with Gasteiger partial charge in [0.05, 0.1) is 6.10 Å². The summed E-state index contributed by atoms with van der Waals surface area (Å²) in [5, 5.41) is 13.8. The smallest absolute Gasteiger partial charge is 0.0914 e. The molecule has 2 N–H and O–H groups in total. The molecule has 4 atom stereocenters. The van der Waals surface area contributed by atoms with Gasteiger partial charge in [-0.1, -0.05) is 48.3 Å². The number of hydrogen-bond acceptors (Lipinski definition) is 2. The SMILES string of the molecule is CCC1CCC(NCC(O)c2cccc(Br)c2)C1C. The van der Waals surface area contributed by atoms with E-state index in [9.17, 15) is 5.11 Å². The van der Waals surface area contributed by atoms with Crippen LogP contribution in [-0.2, 0) is 0 Å². The highest BCUT2D eigenvalue weighted by Crippen LogP contribution is 2.34. The van der Waals surface area contributed by atoms with Crippen molar-refractivity contribution in [3.8, 4) is 0 Å². The van der Waals surface area contributed by atoms with Crippen LogP contribution in [0, 0.1) is 11.8 Å². The van der Waals surface area contributed by atoms with E-state index in [1.54, 1.807) is 0 Å². The van der Waals surface area contributed by atoms with Crippen LogP contribution in [0.2, 0.25) is 0 Å². The van der Waals surface area contributed by atoms with Gasteiger partial charge < -0.3 is 10.4 Å². The molecule has 4 unspecified atom stereocenters. The number of nitrogens with one attached hydrogen (secondary N) is 1. The van der Waals surface area contributed by atoms with Gasteiger partial charge in [0, 0.05) is 17.1 Å². The van der Waals surface area contributed by atoms with Crippen LogP contribution in [-0.4, -0.2) is 17.7 Å². The summed E-state index contributed by atoms with van der Waals surface area (Å²) in [5.74, 6) is 1.57. The summed E-state index contributed by atoms with van der Waals surface area (Å²) in [4.78, 5) is 0. The van der Waals surface area contributed by atoms with Crippen molar-refractivity contribution >= 4 is 15.9 Å². The molecule has 1 aliphatic rings. The molecule has 0 bridgehead atoms. The first kappa shape index (κ1) is 15.0. The lowest BCUT2D eigenvalue weighted by Crippen LogP contribution is -2.35. The normalized spacial score (nSPS) is 28.5. The zero-order valence-corrected chi connectivity index (χ0v) is 13.4. The fraction of sp³-hybridized carbons (Fsp3) is 0.625. The first-order valence-electron chi connectivity index (χ1n) is 7.28. The Morgan fingerprint density at radius 1 is 1.42 bits per heavy atom. The Morgan fingerprint density at radius 3 is 2.84 bits per heavy atom. The number of aliphatic hydroxyl groups is 1. The second-order valence-electron chi connectivity index (χ2n) is 5.69.